The number of benzene rings is 1. The van der Waals surface area contributed by atoms with Crippen LogP contribution < -0.4 is 15.2 Å². The van der Waals surface area contributed by atoms with Crippen molar-refractivity contribution in [3.63, 3.8) is 0 Å². The number of hydrogen-bond donors (Lipinski definition) is 2. The zero-order chi connectivity index (χ0) is 25.2. The Morgan fingerprint density at radius 2 is 1.97 bits per heavy atom. The number of hydrazine groups is 1. The van der Waals surface area contributed by atoms with Crippen LogP contribution in [0.2, 0.25) is 0 Å². The maximum atomic E-state index is 13.8. The number of hydrogen-bond acceptors (Lipinski definition) is 6. The fourth-order valence-corrected chi connectivity index (χ4v) is 5.22. The molecular weight excluding hydrogens is 470 g/mol. The van der Waals surface area contributed by atoms with Crippen molar-refractivity contribution in [1.29, 1.82) is 5.26 Å². The van der Waals surface area contributed by atoms with Crippen molar-refractivity contribution < 1.29 is 18.4 Å². The summed E-state index contributed by atoms with van der Waals surface area (Å²) < 4.78 is 27.5. The Bertz CT molecular complexity index is 1310. The summed E-state index contributed by atoms with van der Waals surface area (Å²) in [6.45, 7) is 0.402. The Morgan fingerprint density at radius 3 is 2.67 bits per heavy atom. The van der Waals surface area contributed by atoms with E-state index in [1.54, 1.807) is 30.1 Å². The molecule has 12 heteroatoms. The van der Waals surface area contributed by atoms with Gasteiger partial charge in [0.25, 0.3) is 11.8 Å². The number of nitrogens with one attached hydrogen (secondary N) is 2. The maximum Gasteiger partial charge on any atom is 0.335 e. The van der Waals surface area contributed by atoms with Crippen LogP contribution in [0.25, 0.3) is 0 Å². The lowest BCUT2D eigenvalue weighted by molar-refractivity contribution is 0.0119. The molecule has 0 bridgehead atoms. The summed E-state index contributed by atoms with van der Waals surface area (Å²) in [4.78, 5) is 35.6. The second-order valence-electron chi connectivity index (χ2n) is 9.42. The van der Waals surface area contributed by atoms with E-state index in [1.807, 2.05) is 28.0 Å². The van der Waals surface area contributed by atoms with Gasteiger partial charge in [-0.15, -0.1) is 0 Å². The number of rotatable bonds is 3. The molecule has 2 aromatic rings. The zero-order valence-electron chi connectivity index (χ0n) is 19.5. The van der Waals surface area contributed by atoms with Gasteiger partial charge >= 0.3 is 6.03 Å². The highest BCUT2D eigenvalue weighted by Crippen LogP contribution is 2.44. The number of anilines is 3. The van der Waals surface area contributed by atoms with Crippen LogP contribution in [0.5, 0.6) is 0 Å². The van der Waals surface area contributed by atoms with E-state index in [1.165, 1.54) is 9.91 Å². The third-order valence-corrected chi connectivity index (χ3v) is 7.12. The first-order valence-corrected chi connectivity index (χ1v) is 11.7. The van der Waals surface area contributed by atoms with Crippen LogP contribution in [0.15, 0.2) is 42.1 Å². The van der Waals surface area contributed by atoms with Crippen LogP contribution in [0.1, 0.15) is 28.9 Å². The van der Waals surface area contributed by atoms with E-state index < -0.39 is 18.4 Å². The Labute approximate surface area is 205 Å². The number of likely N-dealkylation sites (tertiary alicyclic amines) is 1. The van der Waals surface area contributed by atoms with Gasteiger partial charge < -0.3 is 24.6 Å². The normalized spacial score (nSPS) is 22.6. The fraction of sp³-hybridized carbons (Fsp3) is 0.375. The minimum atomic E-state index is -2.87. The van der Waals surface area contributed by atoms with Crippen LogP contribution in [0, 0.1) is 11.3 Å². The van der Waals surface area contributed by atoms with Crippen LogP contribution in [0.4, 0.5) is 30.8 Å². The molecule has 0 saturated carbocycles. The minimum absolute atomic E-state index is 0.00839. The van der Waals surface area contributed by atoms with Gasteiger partial charge in [-0.05, 0) is 36.4 Å². The number of urea groups is 1. The number of aromatic amines is 1. The average molecular weight is 495 g/mol. The molecule has 1 aromatic heterocycles. The van der Waals surface area contributed by atoms with Gasteiger partial charge in [-0.2, -0.15) is 5.26 Å². The predicted octanol–water partition coefficient (Wildman–Crippen LogP) is 2.77. The highest BCUT2D eigenvalue weighted by atomic mass is 19.3. The lowest BCUT2D eigenvalue weighted by Crippen LogP contribution is -2.42. The van der Waals surface area contributed by atoms with Crippen LogP contribution in [0.3, 0.4) is 0 Å². The van der Waals surface area contributed by atoms with Crippen molar-refractivity contribution in [3.05, 3.63) is 53.4 Å². The molecule has 0 radical (unpaired) electrons. The van der Waals surface area contributed by atoms with Crippen molar-refractivity contribution in [2.45, 2.75) is 24.9 Å². The maximum absolute atomic E-state index is 13.8. The van der Waals surface area contributed by atoms with E-state index in [4.69, 9.17) is 5.26 Å². The summed E-state index contributed by atoms with van der Waals surface area (Å²) in [5, 5.41) is 10.6. The lowest BCUT2D eigenvalue weighted by Gasteiger charge is -2.31. The molecule has 2 saturated heterocycles. The quantitative estimate of drug-likeness (QED) is 0.681. The van der Waals surface area contributed by atoms with E-state index >= 15 is 0 Å². The van der Waals surface area contributed by atoms with Gasteiger partial charge in [-0.3, -0.25) is 9.80 Å². The third kappa shape index (κ3) is 3.54. The van der Waals surface area contributed by atoms with Gasteiger partial charge in [0.05, 0.1) is 23.9 Å². The largest absolute Gasteiger partial charge is 0.335 e. The molecule has 5 heterocycles. The first kappa shape index (κ1) is 22.4. The number of alkyl halides is 2. The molecule has 36 heavy (non-hydrogen) atoms. The standard InChI is InChI=1S/C24H24F2N8O2/c1-30-23(36)32-8-6-17(10-20(32)29-30)34-14-33(16-4-2-15(12-27)3-5-16)19-11-18(28-21(19)34)22(35)31-9-7-24(25,26)13-31/h2-5,10-11,20,28-29H,6-9,13-14H2,1H3. The Hall–Kier alpha value is -4.11. The van der Waals surface area contributed by atoms with E-state index in [0.29, 0.717) is 31.0 Å². The second kappa shape index (κ2) is 7.96. The summed E-state index contributed by atoms with van der Waals surface area (Å²) in [5.41, 5.74) is 6.44. The first-order valence-electron chi connectivity index (χ1n) is 11.7. The molecule has 4 aliphatic heterocycles. The number of H-pyrrole nitrogens is 1. The van der Waals surface area contributed by atoms with Gasteiger partial charge in [-0.1, -0.05) is 0 Å². The van der Waals surface area contributed by atoms with Crippen molar-refractivity contribution in [3.8, 4) is 6.07 Å². The number of nitrogens with zero attached hydrogens (tertiary/aromatic N) is 6. The van der Waals surface area contributed by atoms with Gasteiger partial charge in [-0.25, -0.2) is 19.0 Å². The van der Waals surface area contributed by atoms with Crippen LogP contribution >= 0.6 is 0 Å². The molecule has 3 amide bonds. The fourth-order valence-electron chi connectivity index (χ4n) is 5.22. The number of aromatic nitrogens is 1. The van der Waals surface area contributed by atoms with Gasteiger partial charge in [0, 0.05) is 44.4 Å². The molecule has 1 atom stereocenters. The molecule has 10 nitrogen and oxygen atoms in total. The Morgan fingerprint density at radius 1 is 1.19 bits per heavy atom. The number of nitriles is 1. The van der Waals surface area contributed by atoms with E-state index in [-0.39, 0.29) is 30.9 Å². The number of carbonyl (C=O) groups excluding carboxylic acids is 2. The van der Waals surface area contributed by atoms with Crippen LogP contribution in [-0.4, -0.2) is 77.2 Å². The monoisotopic (exact) mass is 494 g/mol. The SMILES string of the molecule is CN1NC2C=C(N3CN(c4ccc(C#N)cc4)c4cc(C(=O)N5CCC(F)(F)C5)[nH]c43)CCN2C1=O. The average Bonchev–Trinajstić information content (AvgIpc) is 3.61. The van der Waals surface area contributed by atoms with Crippen molar-refractivity contribution in [2.24, 2.45) is 0 Å². The molecule has 2 fully saturated rings. The topological polar surface area (TPSA) is 102 Å². The lowest BCUT2D eigenvalue weighted by atomic mass is 10.1. The summed E-state index contributed by atoms with van der Waals surface area (Å²) in [7, 11) is 1.68. The second-order valence-corrected chi connectivity index (χ2v) is 9.42. The summed E-state index contributed by atoms with van der Waals surface area (Å²) in [5.74, 6) is -2.65. The summed E-state index contributed by atoms with van der Waals surface area (Å²) in [6, 6.07) is 10.9. The van der Waals surface area contributed by atoms with Gasteiger partial charge in [0.1, 0.15) is 24.3 Å². The minimum Gasteiger partial charge on any atom is -0.335 e. The smallest absolute Gasteiger partial charge is 0.335 e. The molecule has 4 aliphatic rings. The molecule has 0 aliphatic carbocycles. The third-order valence-electron chi connectivity index (χ3n) is 7.12. The highest BCUT2D eigenvalue weighted by Gasteiger charge is 2.43. The van der Waals surface area contributed by atoms with E-state index in [0.717, 1.165) is 17.1 Å². The van der Waals surface area contributed by atoms with Crippen molar-refractivity contribution in [2.75, 3.05) is 43.2 Å². The molecule has 186 valence electrons. The first-order chi connectivity index (χ1) is 17.2. The molecule has 1 aromatic carbocycles. The molecule has 6 rings (SSSR count). The number of carbonyl (C=O) groups is 2. The molecule has 2 N–H and O–H groups in total. The van der Waals surface area contributed by atoms with Crippen LogP contribution in [-0.2, 0) is 0 Å². The molecular formula is C24H24F2N8O2. The van der Waals surface area contributed by atoms with Crippen molar-refractivity contribution >= 4 is 29.1 Å². The van der Waals surface area contributed by atoms with E-state index in [2.05, 4.69) is 16.5 Å². The number of fused-ring (bicyclic) bond motifs is 2. The number of amides is 3. The summed E-state index contributed by atoms with van der Waals surface area (Å²) >= 11 is 0. The zero-order valence-corrected chi connectivity index (χ0v) is 19.5. The van der Waals surface area contributed by atoms with Gasteiger partial charge in [0.2, 0.25) is 0 Å². The Kier molecular flexibility index (Phi) is 4.94. The number of halogens is 2. The Balaban J connectivity index is 1.35. The highest BCUT2D eigenvalue weighted by molar-refractivity contribution is 5.97. The summed E-state index contributed by atoms with van der Waals surface area (Å²) in [6.07, 6.45) is 1.98. The molecule has 0 spiro atoms. The van der Waals surface area contributed by atoms with Gasteiger partial charge in [0.15, 0.2) is 0 Å². The van der Waals surface area contributed by atoms with Crippen molar-refractivity contribution in [1.82, 2.24) is 25.2 Å². The molecule has 1 unspecified atom stereocenters. The predicted molar refractivity (Wildman–Crippen MR) is 126 cm³/mol. The van der Waals surface area contributed by atoms with E-state index in [9.17, 15) is 18.4 Å².